The van der Waals surface area contributed by atoms with Gasteiger partial charge in [-0.05, 0) is 48.9 Å². The van der Waals surface area contributed by atoms with E-state index >= 15 is 0 Å². The van der Waals surface area contributed by atoms with Crippen molar-refractivity contribution in [1.82, 2.24) is 5.32 Å². The Morgan fingerprint density at radius 1 is 1.19 bits per heavy atom. The van der Waals surface area contributed by atoms with E-state index in [2.05, 4.69) is 62.1 Å². The number of hydrogen-bond acceptors (Lipinski definition) is 2. The van der Waals surface area contributed by atoms with Crippen LogP contribution in [0.1, 0.15) is 58.4 Å². The highest BCUT2D eigenvalue weighted by atomic mass is 32.2. The molecule has 1 aromatic rings. The minimum absolute atomic E-state index is 0.720. The number of benzene rings is 1. The van der Waals surface area contributed by atoms with Crippen LogP contribution in [0.25, 0.3) is 0 Å². The molecular formula is C19H31NS. The lowest BCUT2D eigenvalue weighted by Crippen LogP contribution is -2.18. The van der Waals surface area contributed by atoms with Gasteiger partial charge in [-0.25, -0.2) is 0 Å². The van der Waals surface area contributed by atoms with Crippen molar-refractivity contribution < 1.29 is 0 Å². The molecule has 1 nitrogen and oxygen atoms in total. The molecule has 0 aliphatic heterocycles. The van der Waals surface area contributed by atoms with Crippen LogP contribution in [0.2, 0.25) is 0 Å². The van der Waals surface area contributed by atoms with Crippen LogP contribution in [-0.4, -0.2) is 11.8 Å². The molecule has 0 bridgehead atoms. The Bertz CT molecular complexity index is 399. The Morgan fingerprint density at radius 2 is 1.95 bits per heavy atom. The highest BCUT2D eigenvalue weighted by molar-refractivity contribution is 8.00. The summed E-state index contributed by atoms with van der Waals surface area (Å²) in [6, 6.07) is 9.20. The molecule has 1 aliphatic rings. The van der Waals surface area contributed by atoms with Crippen molar-refractivity contribution in [3.8, 4) is 0 Å². The number of rotatable bonds is 7. The first-order chi connectivity index (χ1) is 10.2. The Kier molecular flexibility index (Phi) is 7.12. The topological polar surface area (TPSA) is 12.0 Å². The molecule has 21 heavy (non-hydrogen) atoms. The van der Waals surface area contributed by atoms with Crippen molar-refractivity contribution in [2.75, 3.05) is 6.54 Å². The zero-order chi connectivity index (χ0) is 15.1. The Labute approximate surface area is 135 Å². The summed E-state index contributed by atoms with van der Waals surface area (Å²) in [6.45, 7) is 8.93. The quantitative estimate of drug-likeness (QED) is 0.714. The van der Waals surface area contributed by atoms with Crippen LogP contribution < -0.4 is 5.32 Å². The third-order valence-corrected chi connectivity index (χ3v) is 5.73. The van der Waals surface area contributed by atoms with Crippen LogP contribution in [-0.2, 0) is 6.54 Å². The SMILES string of the molecule is CCC1CCCC(Sc2ccc(CNCC(C)C)cc2)C1. The fourth-order valence-electron chi connectivity index (χ4n) is 3.10. The lowest BCUT2D eigenvalue weighted by atomic mass is 9.87. The second-order valence-electron chi connectivity index (χ2n) is 6.85. The minimum atomic E-state index is 0.720. The van der Waals surface area contributed by atoms with Gasteiger partial charge in [-0.3, -0.25) is 0 Å². The molecular weight excluding hydrogens is 274 g/mol. The smallest absolute Gasteiger partial charge is 0.0205 e. The highest BCUT2D eigenvalue weighted by Gasteiger charge is 2.21. The fraction of sp³-hybridized carbons (Fsp3) is 0.684. The Morgan fingerprint density at radius 3 is 2.62 bits per heavy atom. The lowest BCUT2D eigenvalue weighted by molar-refractivity contribution is 0.357. The zero-order valence-electron chi connectivity index (χ0n) is 13.9. The van der Waals surface area contributed by atoms with Gasteiger partial charge in [-0.15, -0.1) is 11.8 Å². The monoisotopic (exact) mass is 305 g/mol. The van der Waals surface area contributed by atoms with Crippen LogP contribution in [0.15, 0.2) is 29.2 Å². The predicted molar refractivity (Wildman–Crippen MR) is 94.9 cm³/mol. The molecule has 2 unspecified atom stereocenters. The lowest BCUT2D eigenvalue weighted by Gasteiger charge is -2.28. The molecule has 2 rings (SSSR count). The normalized spacial score (nSPS) is 22.7. The van der Waals surface area contributed by atoms with Crippen LogP contribution >= 0.6 is 11.8 Å². The predicted octanol–water partition coefficient (Wildman–Crippen LogP) is 5.49. The van der Waals surface area contributed by atoms with E-state index in [0.717, 1.165) is 30.2 Å². The molecule has 1 saturated carbocycles. The van der Waals surface area contributed by atoms with E-state index in [0.29, 0.717) is 0 Å². The van der Waals surface area contributed by atoms with Crippen LogP contribution in [0.3, 0.4) is 0 Å². The van der Waals surface area contributed by atoms with E-state index in [-0.39, 0.29) is 0 Å². The first kappa shape index (κ1) is 16.9. The molecule has 1 aromatic carbocycles. The van der Waals surface area contributed by atoms with Gasteiger partial charge in [-0.1, -0.05) is 52.2 Å². The van der Waals surface area contributed by atoms with Gasteiger partial charge in [-0.2, -0.15) is 0 Å². The van der Waals surface area contributed by atoms with Crippen molar-refractivity contribution in [2.24, 2.45) is 11.8 Å². The average molecular weight is 306 g/mol. The van der Waals surface area contributed by atoms with Gasteiger partial charge < -0.3 is 5.32 Å². The van der Waals surface area contributed by atoms with Crippen molar-refractivity contribution in [1.29, 1.82) is 0 Å². The number of thioether (sulfide) groups is 1. The molecule has 0 saturated heterocycles. The van der Waals surface area contributed by atoms with Crippen LogP contribution in [0.4, 0.5) is 0 Å². The molecule has 1 fully saturated rings. The van der Waals surface area contributed by atoms with E-state index in [4.69, 9.17) is 0 Å². The molecule has 0 radical (unpaired) electrons. The zero-order valence-corrected chi connectivity index (χ0v) is 14.7. The summed E-state index contributed by atoms with van der Waals surface area (Å²) in [5.74, 6) is 1.69. The van der Waals surface area contributed by atoms with Crippen molar-refractivity contribution in [2.45, 2.75) is 69.6 Å². The van der Waals surface area contributed by atoms with Gasteiger partial charge in [0.1, 0.15) is 0 Å². The van der Waals surface area contributed by atoms with E-state index in [9.17, 15) is 0 Å². The molecule has 0 spiro atoms. The third kappa shape index (κ3) is 6.04. The molecule has 1 N–H and O–H groups in total. The third-order valence-electron chi connectivity index (χ3n) is 4.42. The highest BCUT2D eigenvalue weighted by Crippen LogP contribution is 2.37. The molecule has 2 atom stereocenters. The van der Waals surface area contributed by atoms with E-state index in [1.165, 1.54) is 42.6 Å². The van der Waals surface area contributed by atoms with Crippen LogP contribution in [0.5, 0.6) is 0 Å². The molecule has 2 heteroatoms. The minimum Gasteiger partial charge on any atom is -0.312 e. The maximum atomic E-state index is 3.51. The first-order valence-electron chi connectivity index (χ1n) is 8.63. The largest absolute Gasteiger partial charge is 0.312 e. The maximum absolute atomic E-state index is 3.51. The van der Waals surface area contributed by atoms with Crippen LogP contribution in [0, 0.1) is 11.8 Å². The summed E-state index contributed by atoms with van der Waals surface area (Å²) >= 11 is 2.10. The Hall–Kier alpha value is -0.470. The molecule has 0 aromatic heterocycles. The summed E-state index contributed by atoms with van der Waals surface area (Å²) < 4.78 is 0. The molecule has 0 heterocycles. The van der Waals surface area contributed by atoms with Crippen molar-refractivity contribution in [3.63, 3.8) is 0 Å². The van der Waals surface area contributed by atoms with E-state index in [1.54, 1.807) is 0 Å². The van der Waals surface area contributed by atoms with Gasteiger partial charge >= 0.3 is 0 Å². The first-order valence-corrected chi connectivity index (χ1v) is 9.51. The van der Waals surface area contributed by atoms with Crippen molar-refractivity contribution in [3.05, 3.63) is 29.8 Å². The van der Waals surface area contributed by atoms with Gasteiger partial charge in [0.2, 0.25) is 0 Å². The average Bonchev–Trinajstić information content (AvgIpc) is 2.49. The summed E-state index contributed by atoms with van der Waals surface area (Å²) in [5.41, 5.74) is 1.40. The fourth-order valence-corrected chi connectivity index (χ4v) is 4.43. The summed E-state index contributed by atoms with van der Waals surface area (Å²) in [5, 5.41) is 4.35. The number of hydrogen-bond donors (Lipinski definition) is 1. The molecule has 118 valence electrons. The second-order valence-corrected chi connectivity index (χ2v) is 8.22. The summed E-state index contributed by atoms with van der Waals surface area (Å²) in [4.78, 5) is 1.45. The van der Waals surface area contributed by atoms with E-state index in [1.807, 2.05) is 0 Å². The van der Waals surface area contributed by atoms with Gasteiger partial charge in [0.25, 0.3) is 0 Å². The number of nitrogens with one attached hydrogen (secondary N) is 1. The summed E-state index contributed by atoms with van der Waals surface area (Å²) in [6.07, 6.45) is 7.05. The van der Waals surface area contributed by atoms with E-state index < -0.39 is 0 Å². The van der Waals surface area contributed by atoms with Gasteiger partial charge in [0.05, 0.1) is 0 Å². The maximum Gasteiger partial charge on any atom is 0.0205 e. The van der Waals surface area contributed by atoms with Crippen molar-refractivity contribution >= 4 is 11.8 Å². The summed E-state index contributed by atoms with van der Waals surface area (Å²) in [7, 11) is 0. The molecule has 0 amide bonds. The standard InChI is InChI=1S/C19H31NS/c1-4-16-6-5-7-19(12-16)21-18-10-8-17(9-11-18)14-20-13-15(2)3/h8-11,15-16,19-20H,4-7,12-14H2,1-3H3. The molecule has 1 aliphatic carbocycles. The van der Waals surface area contributed by atoms with Gasteiger partial charge in [0.15, 0.2) is 0 Å². The van der Waals surface area contributed by atoms with Gasteiger partial charge in [0, 0.05) is 16.7 Å². The second kappa shape index (κ2) is 8.85. The Balaban J connectivity index is 1.79.